The molecule has 0 aliphatic rings. The molecule has 0 spiro atoms. The van der Waals surface area contributed by atoms with E-state index >= 15 is 0 Å². The highest BCUT2D eigenvalue weighted by atomic mass is 16.6. The first-order chi connectivity index (χ1) is 12.6. The number of hydrogen-bond donors (Lipinski definition) is 1. The highest BCUT2D eigenvalue weighted by molar-refractivity contribution is 5.77. The summed E-state index contributed by atoms with van der Waals surface area (Å²) >= 11 is 0. The highest BCUT2D eigenvalue weighted by Crippen LogP contribution is 2.13. The fourth-order valence-corrected chi connectivity index (χ4v) is 2.39. The topological polar surface area (TPSA) is 81.7 Å². The van der Waals surface area contributed by atoms with Crippen LogP contribution in [0.5, 0.6) is 0 Å². The fourth-order valence-electron chi connectivity index (χ4n) is 2.39. The Balaban J connectivity index is 3.04. The van der Waals surface area contributed by atoms with Gasteiger partial charge < -0.3 is 14.8 Å². The van der Waals surface area contributed by atoms with Gasteiger partial charge in [0.25, 0.3) is 0 Å². The van der Waals surface area contributed by atoms with Crippen molar-refractivity contribution in [3.05, 3.63) is 48.0 Å². The maximum Gasteiger partial charge on any atom is 0.408 e. The molecule has 1 aromatic rings. The van der Waals surface area contributed by atoms with Gasteiger partial charge in [0.05, 0.1) is 6.04 Å². The van der Waals surface area contributed by atoms with Crippen LogP contribution in [0.3, 0.4) is 0 Å². The normalized spacial score (nSPS) is 13.7. The van der Waals surface area contributed by atoms with Crippen molar-refractivity contribution in [2.24, 2.45) is 0 Å². The molecule has 1 rings (SSSR count). The van der Waals surface area contributed by atoms with Crippen LogP contribution in [0.15, 0.2) is 42.5 Å². The van der Waals surface area contributed by atoms with Crippen molar-refractivity contribution >= 4 is 17.8 Å². The van der Waals surface area contributed by atoms with E-state index in [9.17, 15) is 14.4 Å². The zero-order valence-corrected chi connectivity index (χ0v) is 16.7. The average Bonchev–Trinajstić information content (AvgIpc) is 2.52. The van der Waals surface area contributed by atoms with Crippen molar-refractivity contribution in [3.8, 4) is 0 Å². The van der Waals surface area contributed by atoms with Gasteiger partial charge in [0.15, 0.2) is 0 Å². The SMILES string of the molecule is CC(=O)C/C=C\C(OC(C)=O)[C@@H](Cc1ccccc1)NC(=O)OC(C)(C)C. The van der Waals surface area contributed by atoms with Gasteiger partial charge in [-0.15, -0.1) is 0 Å². The summed E-state index contributed by atoms with van der Waals surface area (Å²) in [5, 5.41) is 2.79. The number of esters is 1. The highest BCUT2D eigenvalue weighted by Gasteiger charge is 2.27. The average molecular weight is 375 g/mol. The summed E-state index contributed by atoms with van der Waals surface area (Å²) in [6, 6.07) is 8.99. The van der Waals surface area contributed by atoms with Crippen molar-refractivity contribution in [2.45, 2.75) is 65.2 Å². The second kappa shape index (κ2) is 10.5. The van der Waals surface area contributed by atoms with E-state index in [1.165, 1.54) is 13.8 Å². The summed E-state index contributed by atoms with van der Waals surface area (Å²) in [6.45, 7) is 8.10. The van der Waals surface area contributed by atoms with E-state index in [-0.39, 0.29) is 12.2 Å². The monoisotopic (exact) mass is 375 g/mol. The van der Waals surface area contributed by atoms with Gasteiger partial charge >= 0.3 is 12.1 Å². The summed E-state index contributed by atoms with van der Waals surface area (Å²) in [6.07, 6.45) is 2.61. The van der Waals surface area contributed by atoms with E-state index in [2.05, 4.69) is 5.32 Å². The summed E-state index contributed by atoms with van der Waals surface area (Å²) < 4.78 is 10.7. The Bertz CT molecular complexity index is 661. The zero-order chi connectivity index (χ0) is 20.4. The first-order valence-electron chi connectivity index (χ1n) is 8.93. The molecular weight excluding hydrogens is 346 g/mol. The lowest BCUT2D eigenvalue weighted by molar-refractivity contribution is -0.145. The summed E-state index contributed by atoms with van der Waals surface area (Å²) in [4.78, 5) is 35.0. The van der Waals surface area contributed by atoms with Gasteiger partial charge in [-0.2, -0.15) is 0 Å². The van der Waals surface area contributed by atoms with Crippen molar-refractivity contribution in [1.82, 2.24) is 5.32 Å². The van der Waals surface area contributed by atoms with Crippen LogP contribution in [0, 0.1) is 0 Å². The Labute approximate surface area is 160 Å². The number of allylic oxidation sites excluding steroid dienone is 1. The van der Waals surface area contributed by atoms with E-state index < -0.39 is 29.8 Å². The lowest BCUT2D eigenvalue weighted by Gasteiger charge is -2.27. The van der Waals surface area contributed by atoms with Crippen LogP contribution in [0.25, 0.3) is 0 Å². The Morgan fingerprint density at radius 2 is 1.74 bits per heavy atom. The number of Topliss-reactive ketones (excluding diaryl/α,β-unsaturated/α-hetero) is 1. The molecule has 0 fully saturated rings. The molecule has 0 bridgehead atoms. The largest absolute Gasteiger partial charge is 0.456 e. The standard InChI is InChI=1S/C21H29NO5/c1-15(23)10-9-13-19(26-16(2)24)18(14-17-11-7-6-8-12-17)22-20(25)27-21(3,4)5/h6-9,11-13,18-19H,10,14H2,1-5H3,(H,22,25)/b13-9-/t18-,19?/m1/s1. The van der Waals surface area contributed by atoms with Gasteiger partial charge in [-0.1, -0.05) is 36.4 Å². The molecule has 1 amide bonds. The lowest BCUT2D eigenvalue weighted by Crippen LogP contribution is -2.47. The minimum Gasteiger partial charge on any atom is -0.456 e. The second-order valence-electron chi connectivity index (χ2n) is 7.35. The van der Waals surface area contributed by atoms with E-state index in [0.29, 0.717) is 6.42 Å². The predicted octanol–water partition coefficient (Wildman–Crippen LogP) is 3.59. The maximum absolute atomic E-state index is 12.3. The van der Waals surface area contributed by atoms with Crippen LogP contribution in [0.1, 0.15) is 46.6 Å². The number of carbonyl (C=O) groups excluding carboxylic acids is 3. The lowest BCUT2D eigenvalue weighted by atomic mass is 10.0. The van der Waals surface area contributed by atoms with E-state index in [1.807, 2.05) is 30.3 Å². The number of hydrogen-bond acceptors (Lipinski definition) is 5. The molecule has 0 saturated heterocycles. The van der Waals surface area contributed by atoms with Gasteiger partial charge in [-0.05, 0) is 45.8 Å². The van der Waals surface area contributed by atoms with Crippen LogP contribution in [0.4, 0.5) is 4.79 Å². The summed E-state index contributed by atoms with van der Waals surface area (Å²) in [5.41, 5.74) is 0.318. The first kappa shape index (κ1) is 22.4. The minimum atomic E-state index is -0.727. The molecule has 0 aliphatic heterocycles. The molecule has 0 aromatic heterocycles. The van der Waals surface area contributed by atoms with Gasteiger partial charge in [0.1, 0.15) is 17.5 Å². The number of benzene rings is 1. The maximum atomic E-state index is 12.3. The van der Waals surface area contributed by atoms with Crippen LogP contribution in [-0.4, -0.2) is 35.6 Å². The second-order valence-corrected chi connectivity index (χ2v) is 7.35. The minimum absolute atomic E-state index is 0.00691. The molecule has 2 atom stereocenters. The molecule has 1 unspecified atom stereocenters. The van der Waals surface area contributed by atoms with Crippen LogP contribution in [-0.2, 0) is 25.5 Å². The third-order valence-electron chi connectivity index (χ3n) is 3.43. The molecule has 6 heteroatoms. The summed E-state index contributed by atoms with van der Waals surface area (Å²) in [7, 11) is 0. The van der Waals surface area contributed by atoms with Gasteiger partial charge in [-0.3, -0.25) is 9.59 Å². The smallest absolute Gasteiger partial charge is 0.408 e. The van der Waals surface area contributed by atoms with Gasteiger partial charge in [-0.25, -0.2) is 4.79 Å². The predicted molar refractivity (Wildman–Crippen MR) is 103 cm³/mol. The Kier molecular flexibility index (Phi) is 8.72. The van der Waals surface area contributed by atoms with E-state index in [4.69, 9.17) is 9.47 Å². The van der Waals surface area contributed by atoms with Gasteiger partial charge in [0.2, 0.25) is 0 Å². The third kappa shape index (κ3) is 10.2. The fraction of sp³-hybridized carbons (Fsp3) is 0.476. The summed E-state index contributed by atoms with van der Waals surface area (Å²) in [5.74, 6) is -0.482. The van der Waals surface area contributed by atoms with Crippen molar-refractivity contribution < 1.29 is 23.9 Å². The third-order valence-corrected chi connectivity index (χ3v) is 3.43. The molecule has 6 nitrogen and oxygen atoms in total. The molecular formula is C21H29NO5. The number of carbonyl (C=O) groups is 3. The van der Waals surface area contributed by atoms with Crippen molar-refractivity contribution in [3.63, 3.8) is 0 Å². The zero-order valence-electron chi connectivity index (χ0n) is 16.7. The van der Waals surface area contributed by atoms with Crippen molar-refractivity contribution in [2.75, 3.05) is 0 Å². The van der Waals surface area contributed by atoms with Crippen LogP contribution < -0.4 is 5.32 Å². The van der Waals surface area contributed by atoms with E-state index in [1.54, 1.807) is 32.9 Å². The molecule has 148 valence electrons. The number of alkyl carbamates (subject to hydrolysis) is 1. The van der Waals surface area contributed by atoms with Crippen molar-refractivity contribution in [1.29, 1.82) is 0 Å². The molecule has 1 aromatic carbocycles. The van der Waals surface area contributed by atoms with Crippen LogP contribution >= 0.6 is 0 Å². The first-order valence-corrected chi connectivity index (χ1v) is 8.93. The van der Waals surface area contributed by atoms with Crippen LogP contribution in [0.2, 0.25) is 0 Å². The Morgan fingerprint density at radius 3 is 2.26 bits per heavy atom. The number of ketones is 1. The number of amides is 1. The Morgan fingerprint density at radius 1 is 1.11 bits per heavy atom. The Hall–Kier alpha value is -2.63. The number of nitrogens with one attached hydrogen (secondary N) is 1. The molecule has 27 heavy (non-hydrogen) atoms. The molecule has 0 radical (unpaired) electrons. The molecule has 0 heterocycles. The number of rotatable bonds is 8. The number of ether oxygens (including phenoxy) is 2. The molecule has 0 aliphatic carbocycles. The van der Waals surface area contributed by atoms with Gasteiger partial charge in [0, 0.05) is 13.3 Å². The molecule has 0 saturated carbocycles. The van der Waals surface area contributed by atoms with E-state index in [0.717, 1.165) is 5.56 Å². The molecule has 1 N–H and O–H groups in total. The quantitative estimate of drug-likeness (QED) is 0.555.